The molecular formula is C35H52O. The van der Waals surface area contributed by atoms with Gasteiger partial charge in [-0.15, -0.1) is 0 Å². The van der Waals surface area contributed by atoms with Crippen molar-refractivity contribution in [3.63, 3.8) is 0 Å². The normalized spacial score (nSPS) is 24.6. The number of ether oxygens (including phenoxy) is 1. The third-order valence-electron chi connectivity index (χ3n) is 9.15. The van der Waals surface area contributed by atoms with Gasteiger partial charge in [-0.05, 0) is 85.0 Å². The Morgan fingerprint density at radius 1 is 0.556 bits per heavy atom. The first-order valence-electron chi connectivity index (χ1n) is 15.6. The van der Waals surface area contributed by atoms with Crippen molar-refractivity contribution >= 4 is 0 Å². The molecule has 1 nitrogen and oxygen atoms in total. The molecule has 0 amide bonds. The van der Waals surface area contributed by atoms with E-state index in [-0.39, 0.29) is 6.10 Å². The highest BCUT2D eigenvalue weighted by atomic mass is 16.5. The molecule has 1 aliphatic carbocycles. The van der Waals surface area contributed by atoms with E-state index in [2.05, 4.69) is 62.4 Å². The lowest BCUT2D eigenvalue weighted by atomic mass is 9.77. The van der Waals surface area contributed by atoms with Crippen molar-refractivity contribution in [1.82, 2.24) is 0 Å². The number of unbranched alkanes of at least 4 members (excludes halogenated alkanes) is 6. The minimum atomic E-state index is 0.287. The minimum absolute atomic E-state index is 0.287. The topological polar surface area (TPSA) is 9.23 Å². The molecule has 1 heterocycles. The van der Waals surface area contributed by atoms with Crippen LogP contribution in [0.5, 0.6) is 0 Å². The van der Waals surface area contributed by atoms with Gasteiger partial charge in [0.1, 0.15) is 0 Å². The molecule has 1 saturated heterocycles. The fraction of sp³-hybridized carbons (Fsp3) is 0.657. The Bertz CT molecular complexity index is 835. The summed E-state index contributed by atoms with van der Waals surface area (Å²) in [6.07, 6.45) is 22.3. The highest BCUT2D eigenvalue weighted by Gasteiger charge is 2.23. The Labute approximate surface area is 222 Å². The van der Waals surface area contributed by atoms with E-state index >= 15 is 0 Å². The zero-order valence-corrected chi connectivity index (χ0v) is 23.4. The summed E-state index contributed by atoms with van der Waals surface area (Å²) in [6, 6.07) is 18.7. The minimum Gasteiger partial charge on any atom is -0.373 e. The monoisotopic (exact) mass is 488 g/mol. The molecule has 0 bridgehead atoms. The van der Waals surface area contributed by atoms with Gasteiger partial charge in [0.05, 0.1) is 12.7 Å². The summed E-state index contributed by atoms with van der Waals surface area (Å²) >= 11 is 0. The van der Waals surface area contributed by atoms with Crippen LogP contribution >= 0.6 is 0 Å². The second-order valence-electron chi connectivity index (χ2n) is 11.9. The van der Waals surface area contributed by atoms with E-state index < -0.39 is 0 Å². The summed E-state index contributed by atoms with van der Waals surface area (Å²) in [7, 11) is 0. The standard InChI is InChI=1S/C35H52O/c1-3-5-7-8-10-12-29-15-26-35(36-27-29)34-24-22-33(23-25-34)32-20-18-31(19-21-32)30-16-13-28(14-17-30)11-9-6-4-2/h18-25,28-30,35H,3-17,26-27H2,1-2H3. The number of rotatable bonds is 13. The van der Waals surface area contributed by atoms with Crippen LogP contribution in [0.3, 0.4) is 0 Å². The van der Waals surface area contributed by atoms with E-state index in [1.54, 1.807) is 5.56 Å². The van der Waals surface area contributed by atoms with E-state index in [9.17, 15) is 0 Å². The van der Waals surface area contributed by atoms with E-state index in [4.69, 9.17) is 4.74 Å². The molecular weight excluding hydrogens is 436 g/mol. The molecule has 2 atom stereocenters. The van der Waals surface area contributed by atoms with Gasteiger partial charge >= 0.3 is 0 Å². The van der Waals surface area contributed by atoms with Gasteiger partial charge in [-0.3, -0.25) is 0 Å². The first-order chi connectivity index (χ1) is 17.8. The summed E-state index contributed by atoms with van der Waals surface area (Å²) < 4.78 is 6.32. The molecule has 2 fully saturated rings. The van der Waals surface area contributed by atoms with E-state index in [0.717, 1.165) is 24.4 Å². The van der Waals surface area contributed by atoms with E-state index in [1.807, 2.05) is 0 Å². The lowest BCUT2D eigenvalue weighted by molar-refractivity contribution is -0.0198. The number of benzene rings is 2. The van der Waals surface area contributed by atoms with Gasteiger partial charge in [0.15, 0.2) is 0 Å². The van der Waals surface area contributed by atoms with Gasteiger partial charge in [0.25, 0.3) is 0 Å². The maximum absolute atomic E-state index is 6.32. The average Bonchev–Trinajstić information content (AvgIpc) is 2.94. The van der Waals surface area contributed by atoms with Crippen molar-refractivity contribution in [2.24, 2.45) is 11.8 Å². The SMILES string of the molecule is CCCCCCCC1CCC(c2ccc(-c3ccc(C4CCC(CCCCC)CC4)cc3)cc2)OC1. The predicted octanol–water partition coefficient (Wildman–Crippen LogP) is 11.0. The molecule has 0 radical (unpaired) electrons. The van der Waals surface area contributed by atoms with Crippen molar-refractivity contribution < 1.29 is 4.74 Å². The Morgan fingerprint density at radius 2 is 1.08 bits per heavy atom. The van der Waals surface area contributed by atoms with Gasteiger partial charge in [0, 0.05) is 0 Å². The largest absolute Gasteiger partial charge is 0.373 e. The fourth-order valence-corrected chi connectivity index (χ4v) is 6.64. The molecule has 2 aliphatic rings. The summed E-state index contributed by atoms with van der Waals surface area (Å²) in [4.78, 5) is 0. The summed E-state index contributed by atoms with van der Waals surface area (Å²) in [5, 5.41) is 0. The third-order valence-corrected chi connectivity index (χ3v) is 9.15. The van der Waals surface area contributed by atoms with Gasteiger partial charge < -0.3 is 4.74 Å². The quantitative estimate of drug-likeness (QED) is 0.255. The Morgan fingerprint density at radius 3 is 1.69 bits per heavy atom. The second-order valence-corrected chi connectivity index (χ2v) is 11.9. The van der Waals surface area contributed by atoms with Crippen LogP contribution in [0, 0.1) is 11.8 Å². The van der Waals surface area contributed by atoms with Gasteiger partial charge in [-0.25, -0.2) is 0 Å². The molecule has 2 aromatic rings. The van der Waals surface area contributed by atoms with Crippen molar-refractivity contribution in [2.45, 2.75) is 129 Å². The molecule has 0 N–H and O–H groups in total. The molecule has 198 valence electrons. The second kappa shape index (κ2) is 15.0. The first-order valence-corrected chi connectivity index (χ1v) is 15.6. The van der Waals surface area contributed by atoms with Crippen molar-refractivity contribution in [3.8, 4) is 11.1 Å². The molecule has 2 aromatic carbocycles. The third kappa shape index (κ3) is 8.20. The smallest absolute Gasteiger partial charge is 0.0825 e. The maximum Gasteiger partial charge on any atom is 0.0825 e. The molecule has 1 aliphatic heterocycles. The van der Waals surface area contributed by atoms with Gasteiger partial charge in [-0.1, -0.05) is 120 Å². The summed E-state index contributed by atoms with van der Waals surface area (Å²) in [5.74, 6) is 2.53. The van der Waals surface area contributed by atoms with Crippen molar-refractivity contribution in [3.05, 3.63) is 59.7 Å². The Balaban J connectivity index is 1.21. The summed E-state index contributed by atoms with van der Waals surface area (Å²) in [6.45, 7) is 5.55. The average molecular weight is 489 g/mol. The molecule has 1 heteroatoms. The highest BCUT2D eigenvalue weighted by molar-refractivity contribution is 5.64. The van der Waals surface area contributed by atoms with Crippen LogP contribution in [0.25, 0.3) is 11.1 Å². The van der Waals surface area contributed by atoms with Crippen molar-refractivity contribution in [2.75, 3.05) is 6.61 Å². The van der Waals surface area contributed by atoms with Gasteiger partial charge in [-0.2, -0.15) is 0 Å². The zero-order valence-electron chi connectivity index (χ0n) is 23.4. The number of hydrogen-bond donors (Lipinski definition) is 0. The van der Waals surface area contributed by atoms with Crippen LogP contribution in [0.1, 0.15) is 140 Å². The summed E-state index contributed by atoms with van der Waals surface area (Å²) in [5.41, 5.74) is 5.57. The molecule has 2 unspecified atom stereocenters. The Kier molecular flexibility index (Phi) is 11.4. The molecule has 0 spiro atoms. The molecule has 36 heavy (non-hydrogen) atoms. The van der Waals surface area contributed by atoms with Crippen LogP contribution in [-0.2, 0) is 4.74 Å². The number of hydrogen-bond acceptors (Lipinski definition) is 1. The zero-order chi connectivity index (χ0) is 25.0. The fourth-order valence-electron chi connectivity index (χ4n) is 6.64. The lowest BCUT2D eigenvalue weighted by Crippen LogP contribution is -2.20. The lowest BCUT2D eigenvalue weighted by Gasteiger charge is -2.29. The van der Waals surface area contributed by atoms with Crippen LogP contribution in [0.2, 0.25) is 0 Å². The molecule has 4 rings (SSSR count). The Hall–Kier alpha value is -1.60. The van der Waals surface area contributed by atoms with Crippen LogP contribution in [0.4, 0.5) is 0 Å². The van der Waals surface area contributed by atoms with Crippen molar-refractivity contribution in [1.29, 1.82) is 0 Å². The molecule has 0 aromatic heterocycles. The molecule has 1 saturated carbocycles. The maximum atomic E-state index is 6.32. The highest BCUT2D eigenvalue weighted by Crippen LogP contribution is 2.38. The van der Waals surface area contributed by atoms with Gasteiger partial charge in [0.2, 0.25) is 0 Å². The van der Waals surface area contributed by atoms with Crippen LogP contribution in [-0.4, -0.2) is 6.61 Å². The van der Waals surface area contributed by atoms with E-state index in [1.165, 1.54) is 119 Å². The van der Waals surface area contributed by atoms with E-state index in [0.29, 0.717) is 0 Å². The van der Waals surface area contributed by atoms with Crippen LogP contribution in [0.15, 0.2) is 48.5 Å². The predicted molar refractivity (Wildman–Crippen MR) is 156 cm³/mol. The van der Waals surface area contributed by atoms with Crippen LogP contribution < -0.4 is 0 Å². The first kappa shape index (κ1) is 27.4.